The van der Waals surface area contributed by atoms with Crippen molar-refractivity contribution in [1.29, 1.82) is 0 Å². The van der Waals surface area contributed by atoms with Gasteiger partial charge in [-0.2, -0.15) is 0 Å². The van der Waals surface area contributed by atoms with E-state index in [0.29, 0.717) is 31.6 Å². The van der Waals surface area contributed by atoms with Gasteiger partial charge in [-0.05, 0) is 70.2 Å². The summed E-state index contributed by atoms with van der Waals surface area (Å²) in [7, 11) is 0. The molecule has 9 heteroatoms. The highest BCUT2D eigenvalue weighted by Gasteiger charge is 2.80. The fraction of sp³-hybridized carbons (Fsp3) is 0.618. The predicted octanol–water partition coefficient (Wildman–Crippen LogP) is 3.87. The third-order valence-electron chi connectivity index (χ3n) is 9.89. The molecular weight excluding hydrogens is 544 g/mol. The minimum absolute atomic E-state index is 0.0491. The first-order chi connectivity index (χ1) is 20.6. The maximum Gasteiger partial charge on any atom is 0.253 e. The van der Waals surface area contributed by atoms with Crippen molar-refractivity contribution >= 4 is 29.1 Å². The number of carbonyl (C=O) groups excluding carboxylic acids is 3. The van der Waals surface area contributed by atoms with Crippen LogP contribution in [0.2, 0.25) is 0 Å². The van der Waals surface area contributed by atoms with Crippen LogP contribution in [0.3, 0.4) is 0 Å². The quantitative estimate of drug-likeness (QED) is 0.310. The molecule has 3 fully saturated rings. The Labute approximate surface area is 257 Å². The first-order valence-corrected chi connectivity index (χ1v) is 15.9. The van der Waals surface area contributed by atoms with Gasteiger partial charge in [0.05, 0.1) is 17.4 Å². The van der Waals surface area contributed by atoms with Crippen molar-refractivity contribution < 1.29 is 24.2 Å². The first-order valence-electron chi connectivity index (χ1n) is 15.9. The van der Waals surface area contributed by atoms with Gasteiger partial charge in [-0.15, -0.1) is 13.2 Å². The molecule has 1 N–H and O–H groups in total. The molecule has 1 aromatic rings. The number of likely N-dealkylation sites (tertiary alicyclic amines) is 1. The summed E-state index contributed by atoms with van der Waals surface area (Å²) in [6.45, 7) is 21.0. The number of ether oxygens (including phenoxy) is 1. The van der Waals surface area contributed by atoms with Crippen molar-refractivity contribution in [3.63, 3.8) is 0 Å². The summed E-state index contributed by atoms with van der Waals surface area (Å²) in [5.41, 5.74) is -0.267. The molecule has 0 aromatic heterocycles. The van der Waals surface area contributed by atoms with E-state index in [2.05, 4.69) is 38.8 Å². The maximum absolute atomic E-state index is 14.8. The van der Waals surface area contributed by atoms with Crippen molar-refractivity contribution in [3.8, 4) is 0 Å². The molecule has 3 unspecified atom stereocenters. The van der Waals surface area contributed by atoms with E-state index in [0.717, 1.165) is 25.2 Å². The number of amides is 3. The number of hydrogen-bond donors (Lipinski definition) is 1. The van der Waals surface area contributed by atoms with Crippen LogP contribution in [0.15, 0.2) is 49.6 Å². The summed E-state index contributed by atoms with van der Waals surface area (Å²) in [4.78, 5) is 50.6. The molecule has 236 valence electrons. The van der Waals surface area contributed by atoms with Crippen molar-refractivity contribution in [1.82, 2.24) is 9.80 Å². The number of aliphatic hydroxyl groups is 1. The Balaban J connectivity index is 1.79. The van der Waals surface area contributed by atoms with Gasteiger partial charge in [0.25, 0.3) is 5.91 Å². The van der Waals surface area contributed by atoms with Gasteiger partial charge in [0.2, 0.25) is 11.8 Å². The Morgan fingerprint density at radius 1 is 1.07 bits per heavy atom. The lowest BCUT2D eigenvalue weighted by Gasteiger charge is -2.39. The van der Waals surface area contributed by atoms with Gasteiger partial charge >= 0.3 is 0 Å². The van der Waals surface area contributed by atoms with E-state index < -0.39 is 29.1 Å². The molecule has 3 aliphatic heterocycles. The zero-order valence-corrected chi connectivity index (χ0v) is 26.6. The van der Waals surface area contributed by atoms with E-state index in [4.69, 9.17) is 4.74 Å². The van der Waals surface area contributed by atoms with Crippen LogP contribution >= 0.6 is 0 Å². The van der Waals surface area contributed by atoms with E-state index in [-0.39, 0.29) is 43.3 Å². The molecule has 0 aliphatic carbocycles. The summed E-state index contributed by atoms with van der Waals surface area (Å²) in [5, 5.41) is 9.72. The molecule has 6 atom stereocenters. The zero-order chi connectivity index (χ0) is 31.5. The van der Waals surface area contributed by atoms with E-state index in [1.807, 2.05) is 38.1 Å². The number of aliphatic hydroxyl groups excluding tert-OH is 1. The molecule has 0 saturated carbocycles. The monoisotopic (exact) mass is 594 g/mol. The van der Waals surface area contributed by atoms with Crippen LogP contribution in [0, 0.1) is 17.8 Å². The highest BCUT2D eigenvalue weighted by molar-refractivity contribution is 6.05. The SMILES string of the molecule is C=CCN(CCC)C(=O)[C@@H]1[C@H]2C(=O)N(CCCO)C(C(=O)N(CC=C)c3ccc(N(CC)CC)cc3)C23CC(C)[C@@]1(C)O3. The molecule has 0 radical (unpaired) electrons. The van der Waals surface area contributed by atoms with Crippen LogP contribution in [0.1, 0.15) is 53.9 Å². The van der Waals surface area contributed by atoms with Crippen molar-refractivity contribution in [2.75, 3.05) is 55.7 Å². The van der Waals surface area contributed by atoms with Gasteiger partial charge in [-0.3, -0.25) is 14.4 Å². The van der Waals surface area contributed by atoms with Crippen LogP contribution in [0.5, 0.6) is 0 Å². The summed E-state index contributed by atoms with van der Waals surface area (Å²) < 4.78 is 6.90. The largest absolute Gasteiger partial charge is 0.396 e. The predicted molar refractivity (Wildman–Crippen MR) is 170 cm³/mol. The minimum Gasteiger partial charge on any atom is -0.396 e. The lowest BCUT2D eigenvalue weighted by atomic mass is 9.62. The highest BCUT2D eigenvalue weighted by atomic mass is 16.5. The number of anilines is 2. The molecule has 3 aliphatic rings. The molecule has 1 spiro atoms. The summed E-state index contributed by atoms with van der Waals surface area (Å²) >= 11 is 0. The average Bonchev–Trinajstić information content (AvgIpc) is 3.51. The van der Waals surface area contributed by atoms with Gasteiger partial charge in [-0.25, -0.2) is 0 Å². The van der Waals surface area contributed by atoms with Crippen LogP contribution < -0.4 is 9.80 Å². The van der Waals surface area contributed by atoms with Gasteiger partial charge < -0.3 is 29.4 Å². The van der Waals surface area contributed by atoms with Gasteiger partial charge in [-0.1, -0.05) is 26.0 Å². The second-order valence-corrected chi connectivity index (χ2v) is 12.3. The van der Waals surface area contributed by atoms with Crippen molar-refractivity contribution in [3.05, 3.63) is 49.6 Å². The number of nitrogens with zero attached hydrogens (tertiary/aromatic N) is 4. The van der Waals surface area contributed by atoms with E-state index in [9.17, 15) is 19.5 Å². The smallest absolute Gasteiger partial charge is 0.253 e. The Kier molecular flexibility index (Phi) is 10.1. The topological polar surface area (TPSA) is 93.6 Å². The lowest BCUT2D eigenvalue weighted by Crippen LogP contribution is -2.57. The van der Waals surface area contributed by atoms with Gasteiger partial charge in [0.15, 0.2) is 0 Å². The molecule has 1 aromatic carbocycles. The molecule has 3 heterocycles. The van der Waals surface area contributed by atoms with E-state index in [1.54, 1.807) is 26.9 Å². The van der Waals surface area contributed by atoms with Crippen LogP contribution in [-0.4, -0.2) is 95.7 Å². The second-order valence-electron chi connectivity index (χ2n) is 12.3. The number of hydrogen-bond acceptors (Lipinski definition) is 6. The molecule has 3 saturated heterocycles. The van der Waals surface area contributed by atoms with E-state index in [1.165, 1.54) is 0 Å². The molecule has 9 nitrogen and oxygen atoms in total. The lowest BCUT2D eigenvalue weighted by molar-refractivity contribution is -0.151. The van der Waals surface area contributed by atoms with Gasteiger partial charge in [0.1, 0.15) is 11.6 Å². The Morgan fingerprint density at radius 3 is 2.26 bits per heavy atom. The highest BCUT2D eigenvalue weighted by Crippen LogP contribution is 2.65. The number of fused-ring (bicyclic) bond motifs is 1. The number of benzene rings is 1. The van der Waals surface area contributed by atoms with Crippen LogP contribution in [0.4, 0.5) is 11.4 Å². The Morgan fingerprint density at radius 2 is 1.70 bits per heavy atom. The summed E-state index contributed by atoms with van der Waals surface area (Å²) in [6.07, 6.45) is 4.98. The maximum atomic E-state index is 14.8. The molecular formula is C34H50N4O5. The van der Waals surface area contributed by atoms with Crippen LogP contribution in [-0.2, 0) is 19.1 Å². The van der Waals surface area contributed by atoms with Crippen LogP contribution in [0.25, 0.3) is 0 Å². The average molecular weight is 595 g/mol. The van der Waals surface area contributed by atoms with E-state index >= 15 is 0 Å². The number of carbonyl (C=O) groups is 3. The standard InChI is InChI=1S/C34H50N4O5/c1-8-18-36(19-9-2)30(40)27-28-31(41)38(21-13-22-39)29(34(28)23-24(6)33(27,7)43-34)32(42)37(20-10-3)26-16-14-25(15-17-26)35(11-4)12-5/h8,10,14-17,24,27-29,39H,1,3,9,11-13,18-23H2,2,4-7H3/t24?,27-,28-,29?,33+,34?/m0/s1. The fourth-order valence-electron chi connectivity index (χ4n) is 7.82. The molecule has 3 amide bonds. The minimum atomic E-state index is -1.15. The van der Waals surface area contributed by atoms with Crippen molar-refractivity contribution in [2.45, 2.75) is 71.1 Å². The van der Waals surface area contributed by atoms with Crippen molar-refractivity contribution in [2.24, 2.45) is 17.8 Å². The third kappa shape index (κ3) is 5.39. The molecule has 43 heavy (non-hydrogen) atoms. The second kappa shape index (κ2) is 13.2. The molecule has 2 bridgehead atoms. The summed E-state index contributed by atoms with van der Waals surface area (Å²) in [6, 6.07) is 6.95. The number of rotatable bonds is 15. The molecule has 4 rings (SSSR count). The normalized spacial score (nSPS) is 29.0. The first kappa shape index (κ1) is 32.7. The van der Waals surface area contributed by atoms with Gasteiger partial charge in [0, 0.05) is 57.3 Å². The fourth-order valence-corrected chi connectivity index (χ4v) is 7.82. The summed E-state index contributed by atoms with van der Waals surface area (Å²) in [5.74, 6) is -2.18. The Bertz CT molecular complexity index is 1200. The Hall–Kier alpha value is -3.17. The third-order valence-corrected chi connectivity index (χ3v) is 9.89. The zero-order valence-electron chi connectivity index (χ0n) is 26.6.